The number of likely N-dealkylation sites (tertiary alicyclic amines) is 1. The van der Waals surface area contributed by atoms with E-state index in [-0.39, 0.29) is 17.6 Å². The van der Waals surface area contributed by atoms with E-state index >= 15 is 0 Å². The van der Waals surface area contributed by atoms with Gasteiger partial charge in [-0.2, -0.15) is 0 Å². The second-order valence-corrected chi connectivity index (χ2v) is 7.37. The molecule has 3 atom stereocenters. The monoisotopic (exact) mass is 426 g/mol. The molecule has 1 aliphatic heterocycles. The van der Waals surface area contributed by atoms with Crippen molar-refractivity contribution in [1.29, 1.82) is 0 Å². The third kappa shape index (κ3) is 4.38. The molecular formula is C23H26N2O6. The minimum absolute atomic E-state index is 0.275. The molecule has 2 heterocycles. The Morgan fingerprint density at radius 3 is 2.61 bits per heavy atom. The van der Waals surface area contributed by atoms with Crippen LogP contribution in [-0.4, -0.2) is 62.1 Å². The lowest BCUT2D eigenvalue weighted by Crippen LogP contribution is -2.48. The Hall–Kier alpha value is -3.42. The number of nitrogens with zero attached hydrogens (tertiary/aromatic N) is 2. The number of methoxy groups -OCH3 is 3. The van der Waals surface area contributed by atoms with E-state index < -0.39 is 18.0 Å². The number of benzene rings is 1. The molecule has 0 spiro atoms. The topological polar surface area (TPSA) is 95.0 Å². The summed E-state index contributed by atoms with van der Waals surface area (Å²) in [6, 6.07) is 6.86. The van der Waals surface area contributed by atoms with Gasteiger partial charge in [0.2, 0.25) is 0 Å². The minimum atomic E-state index is -1.04. The van der Waals surface area contributed by atoms with Gasteiger partial charge in [-0.05, 0) is 42.5 Å². The quantitative estimate of drug-likeness (QED) is 0.303. The van der Waals surface area contributed by atoms with Gasteiger partial charge in [0.05, 0.1) is 26.8 Å². The van der Waals surface area contributed by atoms with E-state index in [1.54, 1.807) is 48.5 Å². The number of hydrogen-bond acceptors (Lipinski definition) is 7. The largest absolute Gasteiger partial charge is 0.497 e. The first kappa shape index (κ1) is 22.3. The Morgan fingerprint density at radius 2 is 1.97 bits per heavy atom. The summed E-state index contributed by atoms with van der Waals surface area (Å²) in [5, 5.41) is 0.600. The number of piperidine rings is 1. The van der Waals surface area contributed by atoms with Gasteiger partial charge in [0, 0.05) is 30.2 Å². The molecule has 8 heteroatoms. The van der Waals surface area contributed by atoms with Crippen molar-refractivity contribution in [2.45, 2.75) is 6.42 Å². The van der Waals surface area contributed by atoms with E-state index in [1.807, 2.05) is 0 Å². The predicted octanol–water partition coefficient (Wildman–Crippen LogP) is 3.11. The van der Waals surface area contributed by atoms with E-state index in [4.69, 9.17) is 14.2 Å². The molecule has 3 rings (SSSR count). The van der Waals surface area contributed by atoms with Gasteiger partial charge in [-0.15, -0.1) is 6.58 Å². The first-order valence-electron chi connectivity index (χ1n) is 9.95. The number of aromatic nitrogens is 1. The Bertz CT molecular complexity index is 1000. The fourth-order valence-electron chi connectivity index (χ4n) is 4.20. The molecule has 1 saturated heterocycles. The van der Waals surface area contributed by atoms with Crippen molar-refractivity contribution in [3.63, 3.8) is 0 Å². The third-order valence-electron chi connectivity index (χ3n) is 5.83. The average Bonchev–Trinajstić information content (AvgIpc) is 2.82. The van der Waals surface area contributed by atoms with Crippen LogP contribution < -0.4 is 4.74 Å². The maximum absolute atomic E-state index is 13.7. The number of ketones is 1. The first-order chi connectivity index (χ1) is 14.9. The molecule has 1 amide bonds. The SMILES string of the molecule is C=C[C@H]1CN(C(=O)OC)CC[C@H]1[C@@H](C(=O)OC)C(=O)c1ccnc2ccc(OC)cc12. The first-order valence-corrected chi connectivity index (χ1v) is 9.95. The van der Waals surface area contributed by atoms with E-state index in [1.165, 1.54) is 14.2 Å². The molecule has 164 valence electrons. The van der Waals surface area contributed by atoms with Crippen LogP contribution in [0.2, 0.25) is 0 Å². The molecule has 0 unspecified atom stereocenters. The molecular weight excluding hydrogens is 400 g/mol. The van der Waals surface area contributed by atoms with Crippen molar-refractivity contribution in [3.8, 4) is 5.75 Å². The lowest BCUT2D eigenvalue weighted by molar-refractivity contribution is -0.146. The number of Topliss-reactive ketones (excluding diaryl/α,β-unsaturated/α-hetero) is 1. The Labute approximate surface area is 180 Å². The second kappa shape index (κ2) is 9.59. The van der Waals surface area contributed by atoms with Gasteiger partial charge in [-0.25, -0.2) is 4.79 Å². The molecule has 0 radical (unpaired) electrons. The smallest absolute Gasteiger partial charge is 0.409 e. The van der Waals surface area contributed by atoms with E-state index in [2.05, 4.69) is 11.6 Å². The molecule has 31 heavy (non-hydrogen) atoms. The zero-order chi connectivity index (χ0) is 22.5. The second-order valence-electron chi connectivity index (χ2n) is 7.37. The molecule has 1 fully saturated rings. The summed E-state index contributed by atoms with van der Waals surface area (Å²) < 4.78 is 15.1. The molecule has 1 aromatic heterocycles. The third-order valence-corrected chi connectivity index (χ3v) is 5.83. The number of rotatable bonds is 6. The number of pyridine rings is 1. The summed E-state index contributed by atoms with van der Waals surface area (Å²) in [7, 11) is 4.13. The number of amides is 1. The highest BCUT2D eigenvalue weighted by molar-refractivity contribution is 6.15. The molecule has 0 saturated carbocycles. The Morgan fingerprint density at radius 1 is 1.19 bits per heavy atom. The van der Waals surface area contributed by atoms with Gasteiger partial charge >= 0.3 is 12.1 Å². The number of ether oxygens (including phenoxy) is 3. The molecule has 8 nitrogen and oxygen atoms in total. The van der Waals surface area contributed by atoms with E-state index in [9.17, 15) is 14.4 Å². The zero-order valence-corrected chi connectivity index (χ0v) is 17.9. The maximum Gasteiger partial charge on any atom is 0.409 e. The average molecular weight is 426 g/mol. The van der Waals surface area contributed by atoms with Crippen molar-refractivity contribution in [2.75, 3.05) is 34.4 Å². The van der Waals surface area contributed by atoms with Gasteiger partial charge in [-0.3, -0.25) is 14.6 Å². The van der Waals surface area contributed by atoms with Crippen molar-refractivity contribution in [3.05, 3.63) is 48.7 Å². The number of carbonyl (C=O) groups is 3. The van der Waals surface area contributed by atoms with Crippen LogP contribution in [0.1, 0.15) is 16.8 Å². The van der Waals surface area contributed by atoms with Gasteiger partial charge in [0.15, 0.2) is 5.78 Å². The highest BCUT2D eigenvalue weighted by atomic mass is 16.5. The number of carbonyl (C=O) groups excluding carboxylic acids is 3. The lowest BCUT2D eigenvalue weighted by atomic mass is 9.73. The van der Waals surface area contributed by atoms with Crippen molar-refractivity contribution in [1.82, 2.24) is 9.88 Å². The van der Waals surface area contributed by atoms with Crippen LogP contribution >= 0.6 is 0 Å². The normalized spacial score (nSPS) is 19.4. The van der Waals surface area contributed by atoms with Crippen LogP contribution in [0, 0.1) is 17.8 Å². The summed E-state index contributed by atoms with van der Waals surface area (Å²) in [4.78, 5) is 44.3. The van der Waals surface area contributed by atoms with Crippen LogP contribution in [0.15, 0.2) is 43.1 Å². The molecule has 0 aliphatic carbocycles. The molecule has 1 aromatic carbocycles. The van der Waals surface area contributed by atoms with Crippen LogP contribution in [-0.2, 0) is 14.3 Å². The van der Waals surface area contributed by atoms with Crippen molar-refractivity contribution < 1.29 is 28.6 Å². The summed E-state index contributed by atoms with van der Waals surface area (Å²) in [6.45, 7) is 4.54. The van der Waals surface area contributed by atoms with Gasteiger partial charge in [0.25, 0.3) is 0 Å². The van der Waals surface area contributed by atoms with Crippen molar-refractivity contribution >= 4 is 28.7 Å². The van der Waals surface area contributed by atoms with E-state index in [0.717, 1.165) is 0 Å². The molecule has 0 N–H and O–H groups in total. The Balaban J connectivity index is 2.01. The molecule has 1 aliphatic rings. The van der Waals surface area contributed by atoms with Gasteiger partial charge in [0.1, 0.15) is 11.7 Å². The summed E-state index contributed by atoms with van der Waals surface area (Å²) in [5.41, 5.74) is 0.994. The summed E-state index contributed by atoms with van der Waals surface area (Å²) in [6.07, 6.45) is 3.21. The minimum Gasteiger partial charge on any atom is -0.497 e. The summed E-state index contributed by atoms with van der Waals surface area (Å²) >= 11 is 0. The number of hydrogen-bond donors (Lipinski definition) is 0. The highest BCUT2D eigenvalue weighted by Gasteiger charge is 2.43. The van der Waals surface area contributed by atoms with Gasteiger partial charge in [-0.1, -0.05) is 6.08 Å². The number of esters is 1. The highest BCUT2D eigenvalue weighted by Crippen LogP contribution is 2.35. The van der Waals surface area contributed by atoms with E-state index in [0.29, 0.717) is 41.7 Å². The van der Waals surface area contributed by atoms with Crippen LogP contribution in [0.5, 0.6) is 5.75 Å². The maximum atomic E-state index is 13.7. The Kier molecular flexibility index (Phi) is 6.89. The van der Waals surface area contributed by atoms with Crippen LogP contribution in [0.4, 0.5) is 4.79 Å². The number of fused-ring (bicyclic) bond motifs is 1. The fraction of sp³-hybridized carbons (Fsp3) is 0.391. The summed E-state index contributed by atoms with van der Waals surface area (Å²) in [5.74, 6) is -2.06. The standard InChI is InChI=1S/C23H26N2O6/c1-5-14-13-25(23(28)31-4)11-9-16(14)20(22(27)30-3)21(26)17-8-10-24-19-7-6-15(29-2)12-18(17)19/h5-8,10,12,14,16,20H,1,9,11,13H2,2-4H3/t14-,16+,20+/m0/s1. The fourth-order valence-corrected chi connectivity index (χ4v) is 4.20. The van der Waals surface area contributed by atoms with Crippen LogP contribution in [0.3, 0.4) is 0 Å². The van der Waals surface area contributed by atoms with Crippen molar-refractivity contribution in [2.24, 2.45) is 17.8 Å². The van der Waals surface area contributed by atoms with Crippen LogP contribution in [0.25, 0.3) is 10.9 Å². The zero-order valence-electron chi connectivity index (χ0n) is 17.9. The van der Waals surface area contributed by atoms with Gasteiger partial charge < -0.3 is 19.1 Å². The molecule has 2 aromatic rings. The lowest BCUT2D eigenvalue weighted by Gasteiger charge is -2.38. The predicted molar refractivity (Wildman–Crippen MR) is 114 cm³/mol. The molecule has 0 bridgehead atoms.